The Morgan fingerprint density at radius 3 is 2.22 bits per heavy atom. The summed E-state index contributed by atoms with van der Waals surface area (Å²) in [5.74, 6) is 0.0190. The van der Waals surface area contributed by atoms with Crippen LogP contribution in [0.3, 0.4) is 0 Å². The zero-order valence-electron chi connectivity index (χ0n) is 15.9. The fourth-order valence-corrected chi connectivity index (χ4v) is 3.26. The van der Waals surface area contributed by atoms with Gasteiger partial charge >= 0.3 is 6.03 Å². The van der Waals surface area contributed by atoms with E-state index in [1.807, 2.05) is 66.4 Å². The van der Waals surface area contributed by atoms with Crippen LogP contribution in [-0.2, 0) is 0 Å². The van der Waals surface area contributed by atoms with Crippen LogP contribution in [0.5, 0.6) is 0 Å². The first-order valence-corrected chi connectivity index (χ1v) is 9.28. The Balaban J connectivity index is 1.78. The molecule has 1 aliphatic rings. The SMILES string of the molecule is CN(C)c1ccc(NC(=O)Nc2ccccc2)cc1C(=O)N1CCCCC1. The molecule has 0 unspecified atom stereocenters. The number of carbonyl (C=O) groups excluding carboxylic acids is 2. The normalized spacial score (nSPS) is 13.8. The minimum Gasteiger partial charge on any atom is -0.377 e. The molecule has 0 aromatic heterocycles. The van der Waals surface area contributed by atoms with Crippen LogP contribution < -0.4 is 15.5 Å². The first kappa shape index (κ1) is 18.8. The fourth-order valence-electron chi connectivity index (χ4n) is 3.26. The fraction of sp³-hybridized carbons (Fsp3) is 0.333. The Kier molecular flexibility index (Phi) is 5.96. The van der Waals surface area contributed by atoms with Gasteiger partial charge in [0.2, 0.25) is 0 Å². The maximum atomic E-state index is 13.0. The second-order valence-corrected chi connectivity index (χ2v) is 6.92. The van der Waals surface area contributed by atoms with Crippen molar-refractivity contribution in [2.24, 2.45) is 0 Å². The monoisotopic (exact) mass is 366 g/mol. The van der Waals surface area contributed by atoms with E-state index in [1.54, 1.807) is 6.07 Å². The number of anilines is 3. The Morgan fingerprint density at radius 1 is 0.889 bits per heavy atom. The predicted octanol–water partition coefficient (Wildman–Crippen LogP) is 4.02. The molecule has 0 atom stereocenters. The average Bonchev–Trinajstić information content (AvgIpc) is 2.68. The highest BCUT2D eigenvalue weighted by Crippen LogP contribution is 2.26. The molecule has 27 heavy (non-hydrogen) atoms. The van der Waals surface area contributed by atoms with E-state index in [2.05, 4.69) is 10.6 Å². The first-order chi connectivity index (χ1) is 13.0. The lowest BCUT2D eigenvalue weighted by molar-refractivity contribution is 0.0725. The van der Waals surface area contributed by atoms with E-state index in [0.717, 1.165) is 31.6 Å². The topological polar surface area (TPSA) is 64.7 Å². The second kappa shape index (κ2) is 8.58. The van der Waals surface area contributed by atoms with Crippen LogP contribution in [0.1, 0.15) is 29.6 Å². The lowest BCUT2D eigenvalue weighted by atomic mass is 10.1. The van der Waals surface area contributed by atoms with E-state index >= 15 is 0 Å². The molecule has 0 radical (unpaired) electrons. The number of urea groups is 1. The number of benzene rings is 2. The molecule has 0 bridgehead atoms. The molecule has 1 aliphatic heterocycles. The summed E-state index contributed by atoms with van der Waals surface area (Å²) in [7, 11) is 3.83. The number of likely N-dealkylation sites (tertiary alicyclic amines) is 1. The molecular formula is C21H26N4O2. The van der Waals surface area contributed by atoms with Crippen LogP contribution in [-0.4, -0.2) is 44.0 Å². The summed E-state index contributed by atoms with van der Waals surface area (Å²) >= 11 is 0. The number of piperidine rings is 1. The highest BCUT2D eigenvalue weighted by molar-refractivity contribution is 6.04. The first-order valence-electron chi connectivity index (χ1n) is 9.28. The molecule has 3 amide bonds. The van der Waals surface area contributed by atoms with Crippen LogP contribution in [0.25, 0.3) is 0 Å². The third kappa shape index (κ3) is 4.78. The highest BCUT2D eigenvalue weighted by atomic mass is 16.2. The molecule has 6 heteroatoms. The summed E-state index contributed by atoms with van der Waals surface area (Å²) in [4.78, 5) is 29.1. The summed E-state index contributed by atoms with van der Waals surface area (Å²) < 4.78 is 0. The Hall–Kier alpha value is -3.02. The van der Waals surface area contributed by atoms with Gasteiger partial charge in [-0.15, -0.1) is 0 Å². The minimum atomic E-state index is -0.338. The van der Waals surface area contributed by atoms with Gasteiger partial charge in [-0.25, -0.2) is 4.79 Å². The van der Waals surface area contributed by atoms with E-state index in [4.69, 9.17) is 0 Å². The van der Waals surface area contributed by atoms with Crippen LogP contribution >= 0.6 is 0 Å². The molecule has 142 valence electrons. The van der Waals surface area contributed by atoms with Gasteiger partial charge in [-0.3, -0.25) is 4.79 Å². The Labute approximate surface area is 160 Å². The van der Waals surface area contributed by atoms with Crippen molar-refractivity contribution in [1.29, 1.82) is 0 Å². The predicted molar refractivity (Wildman–Crippen MR) is 110 cm³/mol. The van der Waals surface area contributed by atoms with Crippen molar-refractivity contribution in [1.82, 2.24) is 4.90 Å². The zero-order chi connectivity index (χ0) is 19.2. The number of amides is 3. The number of carbonyl (C=O) groups is 2. The third-order valence-electron chi connectivity index (χ3n) is 4.64. The number of hydrogen-bond acceptors (Lipinski definition) is 3. The maximum absolute atomic E-state index is 13.0. The van der Waals surface area contributed by atoms with Gasteiger partial charge in [-0.05, 0) is 49.6 Å². The van der Waals surface area contributed by atoms with Gasteiger partial charge in [0.05, 0.1) is 5.56 Å². The van der Waals surface area contributed by atoms with Crippen molar-refractivity contribution in [3.63, 3.8) is 0 Å². The molecular weight excluding hydrogens is 340 g/mol. The molecule has 2 N–H and O–H groups in total. The van der Waals surface area contributed by atoms with Gasteiger partial charge in [0.15, 0.2) is 0 Å². The summed E-state index contributed by atoms with van der Waals surface area (Å²) in [6.45, 7) is 1.58. The molecule has 1 saturated heterocycles. The van der Waals surface area contributed by atoms with Gasteiger partial charge in [0.1, 0.15) is 0 Å². The lowest BCUT2D eigenvalue weighted by Crippen LogP contribution is -2.36. The molecule has 0 aliphatic carbocycles. The van der Waals surface area contributed by atoms with Crippen LogP contribution in [0, 0.1) is 0 Å². The lowest BCUT2D eigenvalue weighted by Gasteiger charge is -2.28. The molecule has 1 heterocycles. The van der Waals surface area contributed by atoms with Crippen molar-refractivity contribution < 1.29 is 9.59 Å². The van der Waals surface area contributed by atoms with Crippen molar-refractivity contribution in [3.8, 4) is 0 Å². The number of para-hydroxylation sites is 1. The van der Waals surface area contributed by atoms with Gasteiger partial charge in [0, 0.05) is 44.2 Å². The number of hydrogen-bond donors (Lipinski definition) is 2. The smallest absolute Gasteiger partial charge is 0.323 e. The van der Waals surface area contributed by atoms with Crippen molar-refractivity contribution >= 4 is 29.0 Å². The summed E-state index contributed by atoms with van der Waals surface area (Å²) in [6.07, 6.45) is 3.26. The molecule has 0 saturated carbocycles. The standard InChI is InChI=1S/C21H26N4O2/c1-24(2)19-12-11-17(23-21(27)22-16-9-5-3-6-10-16)15-18(19)20(26)25-13-7-4-8-14-25/h3,5-6,9-12,15H,4,7-8,13-14H2,1-2H3,(H2,22,23,27). The number of nitrogens with zero attached hydrogens (tertiary/aromatic N) is 2. The van der Waals surface area contributed by atoms with Crippen LogP contribution in [0.15, 0.2) is 48.5 Å². The van der Waals surface area contributed by atoms with E-state index in [0.29, 0.717) is 16.9 Å². The van der Waals surface area contributed by atoms with E-state index in [1.165, 1.54) is 6.42 Å². The van der Waals surface area contributed by atoms with Gasteiger partial charge < -0.3 is 20.4 Å². The van der Waals surface area contributed by atoms with Crippen LogP contribution in [0.4, 0.5) is 21.9 Å². The third-order valence-corrected chi connectivity index (χ3v) is 4.64. The molecule has 1 fully saturated rings. The summed E-state index contributed by atoms with van der Waals surface area (Å²) in [6, 6.07) is 14.4. The second-order valence-electron chi connectivity index (χ2n) is 6.92. The molecule has 6 nitrogen and oxygen atoms in total. The summed E-state index contributed by atoms with van der Waals surface area (Å²) in [5.41, 5.74) is 2.76. The Bertz CT molecular complexity index is 799. The summed E-state index contributed by atoms with van der Waals surface area (Å²) in [5, 5.41) is 5.60. The Morgan fingerprint density at radius 2 is 1.56 bits per heavy atom. The quantitative estimate of drug-likeness (QED) is 0.859. The van der Waals surface area contributed by atoms with Gasteiger partial charge in [0.25, 0.3) is 5.91 Å². The van der Waals surface area contributed by atoms with Crippen molar-refractivity contribution in [2.75, 3.05) is 42.7 Å². The molecule has 3 rings (SSSR count). The highest BCUT2D eigenvalue weighted by Gasteiger charge is 2.22. The van der Waals surface area contributed by atoms with Crippen molar-refractivity contribution in [3.05, 3.63) is 54.1 Å². The molecule has 0 spiro atoms. The number of rotatable bonds is 4. The van der Waals surface area contributed by atoms with Gasteiger partial charge in [-0.1, -0.05) is 18.2 Å². The van der Waals surface area contributed by atoms with E-state index in [9.17, 15) is 9.59 Å². The average molecular weight is 366 g/mol. The van der Waals surface area contributed by atoms with Crippen LogP contribution in [0.2, 0.25) is 0 Å². The molecule has 2 aromatic rings. The molecule has 2 aromatic carbocycles. The minimum absolute atomic E-state index is 0.0190. The largest absolute Gasteiger partial charge is 0.377 e. The van der Waals surface area contributed by atoms with Gasteiger partial charge in [-0.2, -0.15) is 0 Å². The van der Waals surface area contributed by atoms with E-state index < -0.39 is 0 Å². The van der Waals surface area contributed by atoms with E-state index in [-0.39, 0.29) is 11.9 Å². The number of nitrogens with one attached hydrogen (secondary N) is 2. The van der Waals surface area contributed by atoms with Crippen molar-refractivity contribution in [2.45, 2.75) is 19.3 Å². The maximum Gasteiger partial charge on any atom is 0.323 e. The zero-order valence-corrected chi connectivity index (χ0v) is 15.9.